The van der Waals surface area contributed by atoms with Gasteiger partial charge in [0.15, 0.2) is 0 Å². The van der Waals surface area contributed by atoms with Crippen molar-refractivity contribution in [2.75, 3.05) is 6.29 Å². The monoisotopic (exact) mass is 361 g/mol. The molecule has 0 bridgehead atoms. The van der Waals surface area contributed by atoms with Crippen LogP contribution in [0.2, 0.25) is 0 Å². The van der Waals surface area contributed by atoms with E-state index in [-0.39, 0.29) is 0 Å². The normalized spacial score (nSPS) is 13.0. The summed E-state index contributed by atoms with van der Waals surface area (Å²) in [6.07, 6.45) is 2.27. The maximum atomic E-state index is 11.0. The van der Waals surface area contributed by atoms with Gasteiger partial charge < -0.3 is 14.9 Å². The van der Waals surface area contributed by atoms with Crippen LogP contribution in [0.1, 0.15) is 5.56 Å². The second-order valence-corrected chi connectivity index (χ2v) is 7.24. The summed E-state index contributed by atoms with van der Waals surface area (Å²) in [5.74, 6) is -1.11. The first-order valence-corrected chi connectivity index (χ1v) is 9.47. The summed E-state index contributed by atoms with van der Waals surface area (Å²) in [5.41, 5.74) is 3.08. The number of rotatable bonds is 8. The van der Waals surface area contributed by atoms with Gasteiger partial charge in [0.1, 0.15) is 0 Å². The molecule has 1 atom stereocenters. The molecule has 0 amide bonds. The maximum absolute atomic E-state index is 11.0. The fourth-order valence-corrected chi connectivity index (χ4v) is 2.83. The van der Waals surface area contributed by atoms with Gasteiger partial charge in [0.2, 0.25) is 0 Å². The molecule has 0 saturated heterocycles. The van der Waals surface area contributed by atoms with Gasteiger partial charge in [-0.2, -0.15) is 0 Å². The molecule has 4 N–H and O–H groups in total. The molecule has 0 aliphatic rings. The van der Waals surface area contributed by atoms with Crippen LogP contribution in [0.25, 0.3) is 11.1 Å². The molecule has 132 valence electrons. The molecule has 0 heterocycles. The molecule has 2 rings (SSSR count). The van der Waals surface area contributed by atoms with Gasteiger partial charge in [-0.1, -0.05) is 60.7 Å². The Kier molecular flexibility index (Phi) is 6.67. The minimum Gasteiger partial charge on any atom is -0.478 e. The largest absolute Gasteiger partial charge is 0.478 e. The number of benzene rings is 2. The van der Waals surface area contributed by atoms with Crippen LogP contribution in [-0.4, -0.2) is 33.2 Å². The Morgan fingerprint density at radius 2 is 1.64 bits per heavy atom. The minimum absolute atomic E-state index is 0.416. The van der Waals surface area contributed by atoms with E-state index in [0.717, 1.165) is 22.8 Å². The van der Waals surface area contributed by atoms with Crippen molar-refractivity contribution in [3.05, 3.63) is 72.3 Å². The highest BCUT2D eigenvalue weighted by Crippen LogP contribution is 2.32. The van der Waals surface area contributed by atoms with E-state index in [9.17, 15) is 9.36 Å². The molecule has 0 spiro atoms. The van der Waals surface area contributed by atoms with Crippen molar-refractivity contribution in [3.63, 3.8) is 0 Å². The number of aliphatic carboxylic acids is 1. The van der Waals surface area contributed by atoms with Crippen molar-refractivity contribution >= 4 is 13.6 Å². The van der Waals surface area contributed by atoms with Crippen LogP contribution in [0.4, 0.5) is 0 Å². The van der Waals surface area contributed by atoms with Gasteiger partial charge >= 0.3 is 13.6 Å². The molecular formula is C18H20NO5P. The fourth-order valence-electron chi connectivity index (χ4n) is 2.36. The average molecular weight is 361 g/mol. The second kappa shape index (κ2) is 8.74. The molecule has 0 aliphatic heterocycles. The number of carbonyl (C=O) groups is 1. The quantitative estimate of drug-likeness (QED) is 0.425. The van der Waals surface area contributed by atoms with E-state index in [4.69, 9.17) is 14.9 Å². The molecule has 2 aromatic carbocycles. The van der Waals surface area contributed by atoms with E-state index in [1.165, 1.54) is 6.08 Å². The molecule has 2 aromatic rings. The topological polar surface area (TPSA) is 107 Å². The van der Waals surface area contributed by atoms with E-state index in [2.05, 4.69) is 5.32 Å². The van der Waals surface area contributed by atoms with Crippen LogP contribution in [0.3, 0.4) is 0 Å². The summed E-state index contributed by atoms with van der Waals surface area (Å²) in [4.78, 5) is 28.7. The average Bonchev–Trinajstić information content (AvgIpc) is 2.58. The third-order valence-corrected chi connectivity index (χ3v) is 4.14. The molecule has 0 radical (unpaired) electrons. The molecule has 25 heavy (non-hydrogen) atoms. The zero-order valence-electron chi connectivity index (χ0n) is 13.4. The summed E-state index contributed by atoms with van der Waals surface area (Å²) < 4.78 is 11.0. The Balaban J connectivity index is 2.09. The van der Waals surface area contributed by atoms with E-state index in [1.54, 1.807) is 0 Å². The van der Waals surface area contributed by atoms with Crippen molar-refractivity contribution in [2.45, 2.75) is 12.5 Å². The second-order valence-electron chi connectivity index (χ2n) is 5.60. The highest BCUT2D eigenvalue weighted by atomic mass is 31.2. The van der Waals surface area contributed by atoms with Crippen molar-refractivity contribution in [3.8, 4) is 11.1 Å². The molecule has 0 fully saturated rings. The Hall–Kier alpha value is -2.24. The van der Waals surface area contributed by atoms with Crippen LogP contribution in [0, 0.1) is 0 Å². The molecular weight excluding hydrogens is 341 g/mol. The van der Waals surface area contributed by atoms with Crippen molar-refractivity contribution < 1.29 is 24.3 Å². The molecule has 0 unspecified atom stereocenters. The smallest absolute Gasteiger partial charge is 0.339 e. The maximum Gasteiger partial charge on any atom is 0.339 e. The molecule has 6 nitrogen and oxygen atoms in total. The summed E-state index contributed by atoms with van der Waals surface area (Å²) in [6.45, 7) is 0. The first-order chi connectivity index (χ1) is 11.8. The Labute approximate surface area is 146 Å². The molecule has 0 aromatic heterocycles. The van der Waals surface area contributed by atoms with Gasteiger partial charge in [-0.15, -0.1) is 0 Å². The predicted molar refractivity (Wildman–Crippen MR) is 96.2 cm³/mol. The number of carboxylic acids is 1. The van der Waals surface area contributed by atoms with Gasteiger partial charge in [-0.05, 0) is 23.1 Å². The van der Waals surface area contributed by atoms with E-state index < -0.39 is 25.9 Å². The van der Waals surface area contributed by atoms with E-state index >= 15 is 0 Å². The van der Waals surface area contributed by atoms with Crippen LogP contribution >= 0.6 is 7.60 Å². The molecule has 0 aliphatic carbocycles. The van der Waals surface area contributed by atoms with Crippen LogP contribution < -0.4 is 5.32 Å². The molecule has 0 saturated carbocycles. The Morgan fingerprint density at radius 3 is 2.20 bits per heavy atom. The van der Waals surface area contributed by atoms with Gasteiger partial charge in [0, 0.05) is 12.1 Å². The first-order valence-electron chi connectivity index (χ1n) is 7.67. The van der Waals surface area contributed by atoms with Gasteiger partial charge in [0.05, 0.1) is 6.29 Å². The van der Waals surface area contributed by atoms with E-state index in [1.807, 2.05) is 54.6 Å². The number of hydrogen-bond acceptors (Lipinski definition) is 3. The van der Waals surface area contributed by atoms with Crippen molar-refractivity contribution in [2.24, 2.45) is 0 Å². The summed E-state index contributed by atoms with van der Waals surface area (Å²) >= 11 is 0. The minimum atomic E-state index is -4.21. The lowest BCUT2D eigenvalue weighted by molar-refractivity contribution is -0.131. The zero-order valence-corrected chi connectivity index (χ0v) is 14.3. The van der Waals surface area contributed by atoms with Gasteiger partial charge in [0.25, 0.3) is 0 Å². The number of carboxylic acid groups (broad SMARTS) is 1. The predicted octanol–water partition coefficient (Wildman–Crippen LogP) is 2.63. The summed E-state index contributed by atoms with van der Waals surface area (Å²) in [5, 5.41) is 11.4. The van der Waals surface area contributed by atoms with Gasteiger partial charge in [-0.3, -0.25) is 9.88 Å². The standard InChI is InChI=1S/C18H20NO5P/c20-18(21)11-10-17(19-13-25(22,23)24)12-14-6-8-16(9-7-14)15-4-2-1-3-5-15/h1-11,17,19H,12-13H2,(H,20,21)(H2,22,23,24)/b11-10+/t17-/m1/s1. The summed E-state index contributed by atoms with van der Waals surface area (Å²) in [7, 11) is -4.21. The Bertz CT molecular complexity index is 768. The number of hydrogen-bond donors (Lipinski definition) is 4. The first kappa shape index (κ1) is 19.1. The lowest BCUT2D eigenvalue weighted by Gasteiger charge is -2.16. The third-order valence-electron chi connectivity index (χ3n) is 3.55. The van der Waals surface area contributed by atoms with Gasteiger partial charge in [-0.25, -0.2) is 4.79 Å². The lowest BCUT2D eigenvalue weighted by atomic mass is 10.0. The fraction of sp³-hybridized carbons (Fsp3) is 0.167. The highest BCUT2D eigenvalue weighted by molar-refractivity contribution is 7.51. The van der Waals surface area contributed by atoms with Crippen LogP contribution in [-0.2, 0) is 15.8 Å². The zero-order chi connectivity index (χ0) is 18.3. The van der Waals surface area contributed by atoms with Crippen LogP contribution in [0.15, 0.2) is 66.7 Å². The Morgan fingerprint density at radius 1 is 1.04 bits per heavy atom. The number of nitrogens with one attached hydrogen (secondary N) is 1. The lowest BCUT2D eigenvalue weighted by Crippen LogP contribution is -2.30. The van der Waals surface area contributed by atoms with Crippen LogP contribution in [0.5, 0.6) is 0 Å². The third kappa shape index (κ3) is 7.03. The van der Waals surface area contributed by atoms with E-state index in [0.29, 0.717) is 6.42 Å². The van der Waals surface area contributed by atoms with Crippen molar-refractivity contribution in [1.82, 2.24) is 5.32 Å². The van der Waals surface area contributed by atoms with Crippen molar-refractivity contribution in [1.29, 1.82) is 0 Å². The highest BCUT2D eigenvalue weighted by Gasteiger charge is 2.15. The SMILES string of the molecule is O=C(O)/C=C/[C@H](Cc1ccc(-c2ccccc2)cc1)NCP(=O)(O)O. The summed E-state index contributed by atoms with van der Waals surface area (Å²) in [6, 6.07) is 17.2. The molecule has 7 heteroatoms.